The van der Waals surface area contributed by atoms with Gasteiger partial charge in [0.15, 0.2) is 0 Å². The Kier molecular flexibility index (Phi) is 3.41. The summed E-state index contributed by atoms with van der Waals surface area (Å²) in [4.78, 5) is 12.2. The second-order valence-electron chi connectivity index (χ2n) is 10.8. The topological polar surface area (TPSA) is 49.8 Å². The summed E-state index contributed by atoms with van der Waals surface area (Å²) < 4.78 is 5.82. The fraction of sp³-hybridized carbons (Fsp3) is 0.955. The number of epoxide rings is 1. The normalized spacial score (nSPS) is 59.8. The number of Topliss-reactive ketones (excluding diaryl/α,β-unsaturated/α-hetero) is 1. The van der Waals surface area contributed by atoms with Crippen molar-refractivity contribution in [3.05, 3.63) is 0 Å². The molecule has 9 atom stereocenters. The maximum Gasteiger partial charge on any atom is 0.133 e. The predicted molar refractivity (Wildman–Crippen MR) is 96.0 cm³/mol. The molecule has 0 amide bonds. The van der Waals surface area contributed by atoms with E-state index in [1.807, 2.05) is 0 Å². The minimum Gasteiger partial charge on any atom is -0.393 e. The average molecular weight is 347 g/mol. The minimum atomic E-state index is -0.229. The molecule has 1 unspecified atom stereocenters. The first-order valence-corrected chi connectivity index (χ1v) is 10.6. The number of fused-ring (bicyclic) bond motifs is 5. The first kappa shape index (κ1) is 16.7. The van der Waals surface area contributed by atoms with E-state index in [1.165, 1.54) is 38.5 Å². The number of carbonyl (C=O) groups is 1. The van der Waals surface area contributed by atoms with E-state index in [4.69, 9.17) is 4.74 Å². The number of ketones is 1. The van der Waals surface area contributed by atoms with Crippen molar-refractivity contribution in [2.24, 2.45) is 40.4 Å². The molecule has 25 heavy (non-hydrogen) atoms. The zero-order chi connectivity index (χ0) is 17.6. The van der Waals surface area contributed by atoms with Crippen LogP contribution in [0.2, 0.25) is 0 Å². The lowest BCUT2D eigenvalue weighted by molar-refractivity contribution is -0.175. The lowest BCUT2D eigenvalue weighted by Crippen LogP contribution is -2.59. The van der Waals surface area contributed by atoms with Crippen molar-refractivity contribution < 1.29 is 14.6 Å². The van der Waals surface area contributed by atoms with Crippen molar-refractivity contribution in [3.63, 3.8) is 0 Å². The van der Waals surface area contributed by atoms with Gasteiger partial charge in [0.05, 0.1) is 18.3 Å². The molecule has 5 rings (SSSR count). The van der Waals surface area contributed by atoms with Crippen LogP contribution in [0.3, 0.4) is 0 Å². The van der Waals surface area contributed by atoms with Gasteiger partial charge in [-0.25, -0.2) is 0 Å². The fourth-order valence-electron chi connectivity index (χ4n) is 8.47. The molecule has 3 heteroatoms. The van der Waals surface area contributed by atoms with Gasteiger partial charge in [0.1, 0.15) is 5.78 Å². The smallest absolute Gasteiger partial charge is 0.133 e. The highest BCUT2D eigenvalue weighted by Crippen LogP contribution is 2.69. The Morgan fingerprint density at radius 1 is 1.04 bits per heavy atom. The van der Waals surface area contributed by atoms with Crippen molar-refractivity contribution in [2.75, 3.05) is 6.61 Å². The van der Waals surface area contributed by atoms with Crippen LogP contribution < -0.4 is 0 Å². The van der Waals surface area contributed by atoms with Crippen LogP contribution in [0.4, 0.5) is 0 Å². The highest BCUT2D eigenvalue weighted by Gasteiger charge is 2.65. The zero-order valence-electron chi connectivity index (χ0n) is 16.1. The van der Waals surface area contributed by atoms with Gasteiger partial charge < -0.3 is 9.84 Å². The van der Waals surface area contributed by atoms with E-state index in [1.54, 1.807) is 6.92 Å². The molecular formula is C22H34O3. The summed E-state index contributed by atoms with van der Waals surface area (Å²) in [6, 6.07) is 0. The molecule has 0 aromatic heterocycles. The highest BCUT2D eigenvalue weighted by molar-refractivity contribution is 5.79. The number of carbonyl (C=O) groups excluding carboxylic acids is 1. The van der Waals surface area contributed by atoms with Gasteiger partial charge in [0.2, 0.25) is 0 Å². The first-order chi connectivity index (χ1) is 11.8. The van der Waals surface area contributed by atoms with Crippen molar-refractivity contribution in [3.8, 4) is 0 Å². The van der Waals surface area contributed by atoms with E-state index in [0.717, 1.165) is 19.4 Å². The molecule has 5 aliphatic rings. The van der Waals surface area contributed by atoms with E-state index in [0.29, 0.717) is 29.5 Å². The number of ether oxygens (including phenoxy) is 1. The molecule has 1 saturated heterocycles. The highest BCUT2D eigenvalue weighted by atomic mass is 16.6. The predicted octanol–water partition coefficient (Wildman–Crippen LogP) is 3.97. The third kappa shape index (κ3) is 2.15. The van der Waals surface area contributed by atoms with Gasteiger partial charge in [-0.1, -0.05) is 13.8 Å². The molecule has 4 aliphatic carbocycles. The number of hydrogen-bond donors (Lipinski definition) is 1. The molecule has 140 valence electrons. The minimum absolute atomic E-state index is 0.0328. The zero-order valence-corrected chi connectivity index (χ0v) is 16.1. The van der Waals surface area contributed by atoms with Gasteiger partial charge in [0.25, 0.3) is 0 Å². The summed E-state index contributed by atoms with van der Waals surface area (Å²) in [7, 11) is 0. The Hall–Kier alpha value is -0.410. The molecule has 1 aliphatic heterocycles. The number of hydrogen-bond acceptors (Lipinski definition) is 3. The maximum atomic E-state index is 12.2. The van der Waals surface area contributed by atoms with E-state index in [2.05, 4.69) is 13.8 Å². The molecule has 1 spiro atoms. The van der Waals surface area contributed by atoms with Gasteiger partial charge in [0, 0.05) is 5.92 Å². The molecule has 0 aromatic rings. The third-order valence-corrected chi connectivity index (χ3v) is 9.77. The maximum absolute atomic E-state index is 12.2. The molecule has 1 heterocycles. The van der Waals surface area contributed by atoms with Crippen molar-refractivity contribution in [2.45, 2.75) is 83.8 Å². The summed E-state index contributed by atoms with van der Waals surface area (Å²) in [5, 5.41) is 11.3. The van der Waals surface area contributed by atoms with E-state index >= 15 is 0 Å². The van der Waals surface area contributed by atoms with Crippen LogP contribution in [0.5, 0.6) is 0 Å². The lowest BCUT2D eigenvalue weighted by atomic mass is 9.43. The summed E-state index contributed by atoms with van der Waals surface area (Å²) in [5.41, 5.74) is 0.526. The second kappa shape index (κ2) is 5.10. The summed E-state index contributed by atoms with van der Waals surface area (Å²) >= 11 is 0. The fourth-order valence-corrected chi connectivity index (χ4v) is 8.47. The number of aliphatic hydroxyl groups is 1. The van der Waals surface area contributed by atoms with Crippen LogP contribution >= 0.6 is 0 Å². The second-order valence-corrected chi connectivity index (χ2v) is 10.8. The molecule has 4 saturated carbocycles. The van der Waals surface area contributed by atoms with Crippen molar-refractivity contribution >= 4 is 5.78 Å². The summed E-state index contributed by atoms with van der Waals surface area (Å²) in [5.74, 6) is 2.93. The van der Waals surface area contributed by atoms with Crippen LogP contribution in [0, 0.1) is 40.4 Å². The average Bonchev–Trinajstić information content (AvgIpc) is 3.20. The Morgan fingerprint density at radius 2 is 1.80 bits per heavy atom. The van der Waals surface area contributed by atoms with E-state index < -0.39 is 0 Å². The lowest BCUT2D eigenvalue weighted by Gasteiger charge is -2.62. The molecular weight excluding hydrogens is 312 g/mol. The van der Waals surface area contributed by atoms with Gasteiger partial charge in [-0.3, -0.25) is 4.79 Å². The molecule has 1 N–H and O–H groups in total. The SMILES string of the molecule is CC(=O)[C@H]1CC[C@H]2[C@@H]3CC[C@@H]4CC5(CC[C@]4(C)[C@H]3[C@H](O)C[C@]12C)CO5. The third-order valence-electron chi connectivity index (χ3n) is 9.77. The van der Waals surface area contributed by atoms with Gasteiger partial charge in [-0.05, 0) is 92.8 Å². The van der Waals surface area contributed by atoms with Crippen molar-refractivity contribution in [1.82, 2.24) is 0 Å². The Labute approximate surface area is 151 Å². The van der Waals surface area contributed by atoms with Crippen LogP contribution in [0.1, 0.15) is 72.1 Å². The van der Waals surface area contributed by atoms with Crippen LogP contribution in [0.15, 0.2) is 0 Å². The standard InChI is InChI=1S/C22H34O3/c1-13(23)16-6-7-17-15-5-4-14-10-22(12-25-22)9-8-20(14,2)19(15)18(24)11-21(16,17)3/h14-19,24H,4-12H2,1-3H3/t14-,15+,16-,17+,18-,19-,20+,21-,22?/m1/s1. The largest absolute Gasteiger partial charge is 0.393 e. The van der Waals surface area contributed by atoms with Gasteiger partial charge in [-0.2, -0.15) is 0 Å². The Balaban J connectivity index is 1.47. The molecule has 0 radical (unpaired) electrons. The van der Waals surface area contributed by atoms with E-state index in [9.17, 15) is 9.90 Å². The summed E-state index contributed by atoms with van der Waals surface area (Å²) in [6.45, 7) is 7.54. The van der Waals surface area contributed by atoms with Crippen molar-refractivity contribution in [1.29, 1.82) is 0 Å². The van der Waals surface area contributed by atoms with Crippen LogP contribution in [-0.2, 0) is 9.53 Å². The summed E-state index contributed by atoms with van der Waals surface area (Å²) in [6.07, 6.45) is 9.03. The van der Waals surface area contributed by atoms with Gasteiger partial charge >= 0.3 is 0 Å². The number of rotatable bonds is 1. The first-order valence-electron chi connectivity index (χ1n) is 10.6. The van der Waals surface area contributed by atoms with Gasteiger partial charge in [-0.15, -0.1) is 0 Å². The van der Waals surface area contributed by atoms with E-state index in [-0.39, 0.29) is 28.5 Å². The molecule has 3 nitrogen and oxygen atoms in total. The molecule has 5 fully saturated rings. The van der Waals surface area contributed by atoms with Crippen LogP contribution in [0.25, 0.3) is 0 Å². The number of aliphatic hydroxyl groups excluding tert-OH is 1. The molecule has 0 bridgehead atoms. The molecule has 0 aromatic carbocycles. The van der Waals surface area contributed by atoms with Crippen LogP contribution in [-0.4, -0.2) is 29.2 Å². The Morgan fingerprint density at radius 3 is 2.48 bits per heavy atom. The Bertz CT molecular complexity index is 596. The quantitative estimate of drug-likeness (QED) is 0.731. The monoisotopic (exact) mass is 346 g/mol.